The SMILES string of the molecule is O=C1C2=C(Nc3[nH]c(=O)[nH]c(=O)c3[C@H]2c2ccccc2)c2ccccc21. The standard InChI is InChI=1S/C20H13N3O3/c24-17-12-9-5-4-8-11(12)16-14(17)13(10-6-2-1-3-7-10)15-18(21-16)22-20(26)23-19(15)25/h1-9,13H,(H3,21,22,23,25,26)/t13-/m0/s1. The molecule has 3 aromatic rings. The molecule has 126 valence electrons. The number of rotatable bonds is 1. The summed E-state index contributed by atoms with van der Waals surface area (Å²) in [4.78, 5) is 42.4. The summed E-state index contributed by atoms with van der Waals surface area (Å²) in [6.07, 6.45) is 0. The molecule has 1 aliphatic heterocycles. The van der Waals surface area contributed by atoms with Crippen LogP contribution < -0.4 is 16.6 Å². The zero-order chi connectivity index (χ0) is 17.8. The number of anilines is 1. The van der Waals surface area contributed by atoms with Crippen LogP contribution in [0.3, 0.4) is 0 Å². The third-order valence-corrected chi connectivity index (χ3v) is 4.89. The van der Waals surface area contributed by atoms with Crippen molar-refractivity contribution in [2.24, 2.45) is 0 Å². The number of hydrogen-bond donors (Lipinski definition) is 3. The van der Waals surface area contributed by atoms with E-state index in [0.717, 1.165) is 11.1 Å². The molecule has 1 aromatic heterocycles. The van der Waals surface area contributed by atoms with Gasteiger partial charge in [0.1, 0.15) is 5.82 Å². The monoisotopic (exact) mass is 343 g/mol. The minimum absolute atomic E-state index is 0.104. The second-order valence-electron chi connectivity index (χ2n) is 6.33. The predicted octanol–water partition coefficient (Wildman–Crippen LogP) is 2.23. The van der Waals surface area contributed by atoms with E-state index in [1.165, 1.54) is 0 Å². The molecule has 0 radical (unpaired) electrons. The molecule has 6 heteroatoms. The van der Waals surface area contributed by atoms with Gasteiger partial charge >= 0.3 is 5.69 Å². The fourth-order valence-corrected chi connectivity index (χ4v) is 3.83. The summed E-state index contributed by atoms with van der Waals surface area (Å²) in [6.45, 7) is 0. The average molecular weight is 343 g/mol. The van der Waals surface area contributed by atoms with Crippen molar-refractivity contribution >= 4 is 17.3 Å². The number of H-pyrrole nitrogens is 2. The molecule has 2 aromatic carbocycles. The van der Waals surface area contributed by atoms with Crippen molar-refractivity contribution < 1.29 is 4.79 Å². The van der Waals surface area contributed by atoms with E-state index < -0.39 is 17.2 Å². The van der Waals surface area contributed by atoms with Crippen molar-refractivity contribution in [3.63, 3.8) is 0 Å². The lowest BCUT2D eigenvalue weighted by molar-refractivity contribution is 0.103. The number of ketones is 1. The Bertz CT molecular complexity index is 1220. The van der Waals surface area contributed by atoms with Crippen molar-refractivity contribution in [1.82, 2.24) is 9.97 Å². The number of allylic oxidation sites excluding steroid dienone is 1. The Morgan fingerprint density at radius 1 is 0.769 bits per heavy atom. The first-order valence-corrected chi connectivity index (χ1v) is 8.22. The van der Waals surface area contributed by atoms with E-state index in [2.05, 4.69) is 15.3 Å². The lowest BCUT2D eigenvalue weighted by Crippen LogP contribution is -2.33. The fraction of sp³-hybridized carbons (Fsp3) is 0.0500. The Morgan fingerprint density at radius 2 is 1.46 bits per heavy atom. The van der Waals surface area contributed by atoms with Crippen LogP contribution in [0, 0.1) is 0 Å². The van der Waals surface area contributed by atoms with Gasteiger partial charge in [-0.2, -0.15) is 0 Å². The maximum atomic E-state index is 13.1. The summed E-state index contributed by atoms with van der Waals surface area (Å²) in [5, 5.41) is 3.11. The molecule has 0 amide bonds. The Morgan fingerprint density at radius 3 is 2.23 bits per heavy atom. The second kappa shape index (κ2) is 5.16. The first-order valence-electron chi connectivity index (χ1n) is 8.22. The smallest absolute Gasteiger partial charge is 0.327 e. The lowest BCUT2D eigenvalue weighted by Gasteiger charge is -2.27. The molecule has 0 saturated carbocycles. The van der Waals surface area contributed by atoms with Gasteiger partial charge in [-0.1, -0.05) is 54.6 Å². The first-order chi connectivity index (χ1) is 12.6. The molecule has 5 rings (SSSR count). The van der Waals surface area contributed by atoms with E-state index in [-0.39, 0.29) is 5.78 Å². The lowest BCUT2D eigenvalue weighted by atomic mass is 9.82. The van der Waals surface area contributed by atoms with Gasteiger partial charge in [-0.05, 0) is 5.56 Å². The molecule has 1 atom stereocenters. The van der Waals surface area contributed by atoms with E-state index in [1.54, 1.807) is 6.07 Å². The maximum absolute atomic E-state index is 13.1. The summed E-state index contributed by atoms with van der Waals surface area (Å²) in [7, 11) is 0. The molecule has 2 heterocycles. The van der Waals surface area contributed by atoms with Crippen LogP contribution in [-0.4, -0.2) is 15.8 Å². The Hall–Kier alpha value is -3.67. The molecule has 0 fully saturated rings. The van der Waals surface area contributed by atoms with Crippen molar-refractivity contribution in [2.45, 2.75) is 5.92 Å². The van der Waals surface area contributed by atoms with Crippen LogP contribution in [0.15, 0.2) is 69.8 Å². The molecule has 6 nitrogen and oxygen atoms in total. The number of Topliss-reactive ketones (excluding diaryl/α,β-unsaturated/α-hetero) is 1. The summed E-state index contributed by atoms with van der Waals surface area (Å²) in [5.41, 5.74) is 2.63. The van der Waals surface area contributed by atoms with Gasteiger partial charge < -0.3 is 5.32 Å². The zero-order valence-corrected chi connectivity index (χ0v) is 13.5. The van der Waals surface area contributed by atoms with Crippen LogP contribution >= 0.6 is 0 Å². The topological polar surface area (TPSA) is 94.8 Å². The van der Waals surface area contributed by atoms with E-state index in [9.17, 15) is 14.4 Å². The molecule has 1 aliphatic carbocycles. The fourth-order valence-electron chi connectivity index (χ4n) is 3.83. The Balaban J connectivity index is 1.86. The number of aromatic nitrogens is 2. The third kappa shape index (κ3) is 1.89. The molecular formula is C20H13N3O3. The van der Waals surface area contributed by atoms with Crippen LogP contribution in [0.5, 0.6) is 0 Å². The van der Waals surface area contributed by atoms with Crippen molar-refractivity contribution in [2.75, 3.05) is 5.32 Å². The summed E-state index contributed by atoms with van der Waals surface area (Å²) in [5.74, 6) is -0.327. The molecule has 2 aliphatic rings. The average Bonchev–Trinajstić information content (AvgIpc) is 2.93. The number of fused-ring (bicyclic) bond motifs is 3. The molecule has 3 N–H and O–H groups in total. The molecule has 0 unspecified atom stereocenters. The van der Waals surface area contributed by atoms with Gasteiger partial charge in [-0.15, -0.1) is 0 Å². The second-order valence-corrected chi connectivity index (χ2v) is 6.33. The maximum Gasteiger partial charge on any atom is 0.327 e. The number of carbonyl (C=O) groups excluding carboxylic acids is 1. The molecule has 0 spiro atoms. The van der Waals surface area contributed by atoms with Crippen LogP contribution in [0.4, 0.5) is 5.82 Å². The van der Waals surface area contributed by atoms with Gasteiger partial charge in [-0.3, -0.25) is 19.6 Å². The van der Waals surface area contributed by atoms with Gasteiger partial charge in [0.05, 0.1) is 11.3 Å². The van der Waals surface area contributed by atoms with E-state index in [1.807, 2.05) is 48.5 Å². The largest absolute Gasteiger partial charge is 0.340 e. The third-order valence-electron chi connectivity index (χ3n) is 4.89. The minimum atomic E-state index is -0.588. The highest BCUT2D eigenvalue weighted by molar-refractivity contribution is 6.23. The highest BCUT2D eigenvalue weighted by Gasteiger charge is 2.41. The zero-order valence-electron chi connectivity index (χ0n) is 13.5. The molecule has 26 heavy (non-hydrogen) atoms. The van der Waals surface area contributed by atoms with Gasteiger partial charge in [0.15, 0.2) is 5.78 Å². The summed E-state index contributed by atoms with van der Waals surface area (Å²) >= 11 is 0. The van der Waals surface area contributed by atoms with E-state index in [4.69, 9.17) is 0 Å². The van der Waals surface area contributed by atoms with Gasteiger partial charge in [-0.25, -0.2) is 4.79 Å². The van der Waals surface area contributed by atoms with Crippen LogP contribution in [0.25, 0.3) is 5.70 Å². The van der Waals surface area contributed by atoms with E-state index in [0.29, 0.717) is 28.2 Å². The van der Waals surface area contributed by atoms with Crippen LogP contribution in [-0.2, 0) is 0 Å². The Kier molecular flexibility index (Phi) is 2.91. The minimum Gasteiger partial charge on any atom is -0.340 e. The van der Waals surface area contributed by atoms with Crippen molar-refractivity contribution in [3.05, 3.63) is 103 Å². The Labute approximate surface area is 147 Å². The molecule has 0 saturated heterocycles. The van der Waals surface area contributed by atoms with Gasteiger partial charge in [0.2, 0.25) is 0 Å². The van der Waals surface area contributed by atoms with E-state index >= 15 is 0 Å². The summed E-state index contributed by atoms with van der Waals surface area (Å²) in [6, 6.07) is 16.7. The first kappa shape index (κ1) is 14.7. The number of hydrogen-bond acceptors (Lipinski definition) is 4. The number of aromatic amines is 2. The van der Waals surface area contributed by atoms with Crippen LogP contribution in [0.2, 0.25) is 0 Å². The predicted molar refractivity (Wildman–Crippen MR) is 97.3 cm³/mol. The highest BCUT2D eigenvalue weighted by Crippen LogP contribution is 2.47. The van der Waals surface area contributed by atoms with Crippen LogP contribution in [0.1, 0.15) is 33.0 Å². The number of carbonyl (C=O) groups is 1. The molecular weight excluding hydrogens is 330 g/mol. The summed E-state index contributed by atoms with van der Waals surface area (Å²) < 4.78 is 0. The normalized spacial score (nSPS) is 17.4. The van der Waals surface area contributed by atoms with Gasteiger partial charge in [0, 0.05) is 22.6 Å². The number of nitrogens with one attached hydrogen (secondary N) is 3. The highest BCUT2D eigenvalue weighted by atomic mass is 16.2. The van der Waals surface area contributed by atoms with Crippen molar-refractivity contribution in [3.8, 4) is 0 Å². The van der Waals surface area contributed by atoms with Gasteiger partial charge in [0.25, 0.3) is 5.56 Å². The number of benzene rings is 2. The van der Waals surface area contributed by atoms with Crippen molar-refractivity contribution in [1.29, 1.82) is 0 Å². The quantitative estimate of drug-likeness (QED) is 0.631. The molecule has 0 bridgehead atoms.